The number of carbonyl (C=O) groups excluding carboxylic acids is 1. The zero-order valence-electron chi connectivity index (χ0n) is 23.9. The lowest BCUT2D eigenvalue weighted by molar-refractivity contribution is 0.0755. The van der Waals surface area contributed by atoms with Gasteiger partial charge in [0.2, 0.25) is 0 Å². The Labute approximate surface area is 254 Å². The zero-order valence-corrected chi connectivity index (χ0v) is 23.9. The minimum Gasteiger partial charge on any atom is -0.465 e. The molecule has 0 radical (unpaired) electrons. The number of fused-ring (bicyclic) bond motifs is 2. The molecule has 0 aliphatic carbocycles. The Hall–Kier alpha value is -5.57. The van der Waals surface area contributed by atoms with Crippen molar-refractivity contribution in [1.82, 2.24) is 33.8 Å². The average molecular weight is 614 g/mol. The van der Waals surface area contributed by atoms with Crippen molar-refractivity contribution in [3.8, 4) is 16.9 Å². The molecule has 230 valence electrons. The molecule has 7 rings (SSSR count). The Morgan fingerprint density at radius 2 is 1.89 bits per heavy atom. The third-order valence-electron chi connectivity index (χ3n) is 8.34. The number of nitrogen functional groups attached to an aromatic ring is 1. The Bertz CT molecular complexity index is 2010. The van der Waals surface area contributed by atoms with Gasteiger partial charge in [0.05, 0.1) is 25.5 Å². The number of amides is 2. The number of nitrogens with one attached hydrogen (secondary N) is 1. The fourth-order valence-electron chi connectivity index (χ4n) is 6.18. The molecule has 15 heteroatoms. The number of nitrogens with zero attached hydrogens (tertiary/aromatic N) is 7. The van der Waals surface area contributed by atoms with Crippen molar-refractivity contribution < 1.29 is 23.8 Å². The van der Waals surface area contributed by atoms with E-state index in [1.807, 2.05) is 6.07 Å². The number of hydrogen-bond donors (Lipinski definition) is 3. The van der Waals surface area contributed by atoms with Crippen LogP contribution in [0.1, 0.15) is 40.5 Å². The van der Waals surface area contributed by atoms with E-state index in [9.17, 15) is 19.5 Å². The second-order valence-corrected chi connectivity index (χ2v) is 10.9. The Morgan fingerprint density at radius 1 is 1.07 bits per heavy atom. The number of halogens is 1. The first-order valence-corrected chi connectivity index (χ1v) is 14.4. The summed E-state index contributed by atoms with van der Waals surface area (Å²) in [7, 11) is 0. The molecule has 0 bridgehead atoms. The maximum atomic E-state index is 15.8. The number of carbonyl (C=O) groups is 2. The van der Waals surface area contributed by atoms with Gasteiger partial charge in [0.1, 0.15) is 23.2 Å². The van der Waals surface area contributed by atoms with Gasteiger partial charge < -0.3 is 25.8 Å². The smallest absolute Gasteiger partial charge is 0.407 e. The predicted octanol–water partition coefficient (Wildman–Crippen LogP) is 3.10. The van der Waals surface area contributed by atoms with E-state index in [4.69, 9.17) is 10.5 Å². The molecule has 4 aromatic heterocycles. The quantitative estimate of drug-likeness (QED) is 0.269. The third kappa shape index (κ3) is 4.86. The Kier molecular flexibility index (Phi) is 7.00. The molecule has 2 aliphatic rings. The first kappa shape index (κ1) is 28.2. The van der Waals surface area contributed by atoms with E-state index < -0.39 is 23.4 Å². The molecule has 2 aliphatic heterocycles. The second-order valence-electron chi connectivity index (χ2n) is 10.9. The molecule has 0 spiro atoms. The van der Waals surface area contributed by atoms with Crippen LogP contribution in [0.4, 0.5) is 20.7 Å². The van der Waals surface area contributed by atoms with Gasteiger partial charge in [0, 0.05) is 47.7 Å². The molecule has 0 atom stereocenters. The van der Waals surface area contributed by atoms with E-state index in [-0.39, 0.29) is 35.2 Å². The van der Waals surface area contributed by atoms with Crippen LogP contribution in [-0.2, 0) is 17.9 Å². The first-order chi connectivity index (χ1) is 21.8. The van der Waals surface area contributed by atoms with E-state index in [1.54, 1.807) is 39.7 Å². The van der Waals surface area contributed by atoms with E-state index in [1.165, 1.54) is 28.0 Å². The summed E-state index contributed by atoms with van der Waals surface area (Å²) in [5.74, 6) is -0.821. The lowest BCUT2D eigenvalue weighted by Crippen LogP contribution is -2.37. The van der Waals surface area contributed by atoms with Crippen molar-refractivity contribution in [1.29, 1.82) is 0 Å². The predicted molar refractivity (Wildman–Crippen MR) is 160 cm³/mol. The van der Waals surface area contributed by atoms with Gasteiger partial charge in [-0.2, -0.15) is 9.78 Å². The van der Waals surface area contributed by atoms with Crippen LogP contribution in [0.25, 0.3) is 22.5 Å². The number of pyridine rings is 1. The standard InChI is InChI=1S/C30H28FN9O5/c31-21-13-18(36-28(41)25-23-15-45-12-11-38(23)40(29(25)42)24-3-1-2-8-33-24)4-5-19(21)20-14-22(39-26(20)27(32)34-16-35-39)17-6-9-37(10-7-17)30(43)44/h1-5,8,13-14,16-17H,6-7,9-12,15H2,(H,36,41)(H,43,44)(H2,32,34,35). The minimum atomic E-state index is -0.959. The van der Waals surface area contributed by atoms with E-state index in [0.717, 1.165) is 5.69 Å². The number of hydrogen-bond acceptors (Lipinski definition) is 8. The summed E-state index contributed by atoms with van der Waals surface area (Å²) in [6.45, 7) is 1.53. The van der Waals surface area contributed by atoms with Gasteiger partial charge in [-0.1, -0.05) is 6.07 Å². The maximum absolute atomic E-state index is 15.8. The normalized spacial score (nSPS) is 15.3. The highest BCUT2D eigenvalue weighted by Crippen LogP contribution is 2.38. The molecule has 6 heterocycles. The van der Waals surface area contributed by atoms with E-state index >= 15 is 4.39 Å². The van der Waals surface area contributed by atoms with Gasteiger partial charge in [-0.3, -0.25) is 14.3 Å². The summed E-state index contributed by atoms with van der Waals surface area (Å²) in [5, 5.41) is 16.4. The van der Waals surface area contributed by atoms with Crippen LogP contribution in [0.3, 0.4) is 0 Å². The van der Waals surface area contributed by atoms with Crippen molar-refractivity contribution in [3.05, 3.63) is 88.1 Å². The topological polar surface area (TPSA) is 175 Å². The Balaban J connectivity index is 1.21. The number of aromatic nitrogens is 6. The van der Waals surface area contributed by atoms with Gasteiger partial charge in [-0.05, 0) is 49.2 Å². The summed E-state index contributed by atoms with van der Waals surface area (Å²) in [6, 6.07) is 11.2. The average Bonchev–Trinajstić information content (AvgIpc) is 3.57. The van der Waals surface area contributed by atoms with Gasteiger partial charge in [0.25, 0.3) is 11.5 Å². The fraction of sp³-hybridized carbons (Fsp3) is 0.267. The van der Waals surface area contributed by atoms with Crippen LogP contribution < -0.4 is 16.6 Å². The monoisotopic (exact) mass is 613 g/mol. The number of piperidine rings is 1. The number of anilines is 2. The number of nitrogens with two attached hydrogens (primary N) is 1. The van der Waals surface area contributed by atoms with Gasteiger partial charge in [0.15, 0.2) is 11.6 Å². The highest BCUT2D eigenvalue weighted by Gasteiger charge is 2.30. The molecular formula is C30H28FN9O5. The molecule has 45 heavy (non-hydrogen) atoms. The van der Waals surface area contributed by atoms with Crippen molar-refractivity contribution in [3.63, 3.8) is 0 Å². The van der Waals surface area contributed by atoms with Crippen LogP contribution >= 0.6 is 0 Å². The summed E-state index contributed by atoms with van der Waals surface area (Å²) in [6.07, 6.45) is 3.08. The lowest BCUT2D eigenvalue weighted by atomic mass is 9.93. The number of likely N-dealkylation sites (tertiary alicyclic amines) is 1. The largest absolute Gasteiger partial charge is 0.465 e. The fourth-order valence-corrected chi connectivity index (χ4v) is 6.18. The van der Waals surface area contributed by atoms with E-state index in [2.05, 4.69) is 20.4 Å². The summed E-state index contributed by atoms with van der Waals surface area (Å²) >= 11 is 0. The van der Waals surface area contributed by atoms with Crippen LogP contribution in [-0.4, -0.2) is 70.6 Å². The number of carboxylic acid groups (broad SMARTS) is 1. The van der Waals surface area contributed by atoms with Gasteiger partial charge in [-0.15, -0.1) is 0 Å². The second kappa shape index (κ2) is 11.2. The SMILES string of the molecule is Nc1ncnn2c(C3CCN(C(=O)O)CC3)cc(-c3ccc(NC(=O)c4c5n(n(-c6ccccn6)c4=O)CCOC5)cc3F)c12. The number of ether oxygens (including phenoxy) is 1. The lowest BCUT2D eigenvalue weighted by Gasteiger charge is -2.29. The molecule has 14 nitrogen and oxygen atoms in total. The Morgan fingerprint density at radius 3 is 2.62 bits per heavy atom. The molecule has 1 fully saturated rings. The van der Waals surface area contributed by atoms with Crippen molar-refractivity contribution in [2.45, 2.75) is 31.9 Å². The zero-order chi connectivity index (χ0) is 31.2. The molecule has 5 aromatic rings. The number of rotatable bonds is 5. The highest BCUT2D eigenvalue weighted by atomic mass is 19.1. The summed E-state index contributed by atoms with van der Waals surface area (Å²) in [5.41, 5.74) is 8.03. The molecule has 1 saturated heterocycles. The minimum absolute atomic E-state index is 0.0229. The van der Waals surface area contributed by atoms with Crippen molar-refractivity contribution >= 4 is 29.0 Å². The molecule has 4 N–H and O–H groups in total. The maximum Gasteiger partial charge on any atom is 0.407 e. The van der Waals surface area contributed by atoms with Gasteiger partial charge in [-0.25, -0.2) is 23.7 Å². The molecular weight excluding hydrogens is 585 g/mol. The summed E-state index contributed by atoms with van der Waals surface area (Å²) in [4.78, 5) is 48.1. The van der Waals surface area contributed by atoms with Crippen LogP contribution in [0.5, 0.6) is 0 Å². The molecule has 1 aromatic carbocycles. The highest BCUT2D eigenvalue weighted by molar-refractivity contribution is 6.05. The molecule has 2 amide bonds. The number of benzene rings is 1. The van der Waals surface area contributed by atoms with Crippen molar-refractivity contribution in [2.75, 3.05) is 30.7 Å². The molecule has 0 unspecified atom stereocenters. The third-order valence-corrected chi connectivity index (χ3v) is 8.34. The van der Waals surface area contributed by atoms with Gasteiger partial charge >= 0.3 is 6.09 Å². The van der Waals surface area contributed by atoms with E-state index in [0.29, 0.717) is 61.7 Å². The van der Waals surface area contributed by atoms with Crippen LogP contribution in [0.2, 0.25) is 0 Å². The first-order valence-electron chi connectivity index (χ1n) is 14.4. The van der Waals surface area contributed by atoms with Crippen molar-refractivity contribution in [2.24, 2.45) is 0 Å². The van der Waals surface area contributed by atoms with Crippen LogP contribution in [0, 0.1) is 5.82 Å². The summed E-state index contributed by atoms with van der Waals surface area (Å²) < 4.78 is 26.0. The van der Waals surface area contributed by atoms with Crippen LogP contribution in [0.15, 0.2) is 59.8 Å². The molecule has 0 saturated carbocycles.